The minimum Gasteiger partial charge on any atom is -0.377 e. The van der Waals surface area contributed by atoms with Crippen molar-refractivity contribution in [3.8, 4) is 11.8 Å². The van der Waals surface area contributed by atoms with E-state index >= 15 is 0 Å². The number of benzene rings is 2. The van der Waals surface area contributed by atoms with Gasteiger partial charge in [0.2, 0.25) is 5.91 Å². The first-order chi connectivity index (χ1) is 13.6. The predicted molar refractivity (Wildman–Crippen MR) is 111 cm³/mol. The number of carbonyl (C=O) groups excluding carboxylic acids is 1. The Morgan fingerprint density at radius 2 is 1.89 bits per heavy atom. The van der Waals surface area contributed by atoms with E-state index < -0.39 is 0 Å². The number of rotatable bonds is 5. The standard InChI is InChI=1S/C22H22N4O2/c1-25(2)20-12-6-3-8-17(20)9-7-14-23-21(27)13-15-26-16-24-19-11-5-4-10-18(19)22(26)28/h3-6,8,10-12,16H,13-15H2,1-2H3,(H,23,27). The molecule has 1 heterocycles. The molecule has 6 nitrogen and oxygen atoms in total. The molecular weight excluding hydrogens is 352 g/mol. The molecule has 0 atom stereocenters. The molecule has 0 saturated heterocycles. The van der Waals surface area contributed by atoms with Gasteiger partial charge in [-0.2, -0.15) is 0 Å². The van der Waals surface area contributed by atoms with Crippen molar-refractivity contribution in [1.82, 2.24) is 14.9 Å². The second-order valence-corrected chi connectivity index (χ2v) is 6.50. The first-order valence-electron chi connectivity index (χ1n) is 9.02. The number of aromatic nitrogens is 2. The number of nitrogens with one attached hydrogen (secondary N) is 1. The lowest BCUT2D eigenvalue weighted by Crippen LogP contribution is -2.27. The van der Waals surface area contributed by atoms with Crippen LogP contribution in [0.3, 0.4) is 0 Å². The fraction of sp³-hybridized carbons (Fsp3) is 0.227. The minimum absolute atomic E-state index is 0.140. The molecule has 6 heteroatoms. The molecule has 142 valence electrons. The molecule has 1 N–H and O–H groups in total. The van der Waals surface area contributed by atoms with E-state index in [2.05, 4.69) is 22.1 Å². The number of aryl methyl sites for hydroxylation is 1. The van der Waals surface area contributed by atoms with Crippen LogP contribution in [0, 0.1) is 11.8 Å². The molecule has 0 bridgehead atoms. The van der Waals surface area contributed by atoms with Gasteiger partial charge in [-0.1, -0.05) is 36.1 Å². The molecule has 3 aromatic rings. The van der Waals surface area contributed by atoms with Crippen molar-refractivity contribution in [2.45, 2.75) is 13.0 Å². The largest absolute Gasteiger partial charge is 0.377 e. The van der Waals surface area contributed by atoms with E-state index in [9.17, 15) is 9.59 Å². The van der Waals surface area contributed by atoms with Crippen LogP contribution in [-0.2, 0) is 11.3 Å². The molecule has 0 aliphatic heterocycles. The van der Waals surface area contributed by atoms with Crippen molar-refractivity contribution in [3.63, 3.8) is 0 Å². The molecule has 28 heavy (non-hydrogen) atoms. The van der Waals surface area contributed by atoms with Gasteiger partial charge in [0.1, 0.15) is 0 Å². The minimum atomic E-state index is -0.157. The molecule has 2 aromatic carbocycles. The van der Waals surface area contributed by atoms with Crippen LogP contribution in [0.5, 0.6) is 0 Å². The number of fused-ring (bicyclic) bond motifs is 1. The van der Waals surface area contributed by atoms with Crippen molar-refractivity contribution in [3.05, 3.63) is 70.8 Å². The average Bonchev–Trinajstić information content (AvgIpc) is 2.71. The average molecular weight is 374 g/mol. The van der Waals surface area contributed by atoms with E-state index in [0.717, 1.165) is 11.3 Å². The molecule has 0 aliphatic rings. The number of para-hydroxylation sites is 2. The van der Waals surface area contributed by atoms with E-state index in [0.29, 0.717) is 10.9 Å². The summed E-state index contributed by atoms with van der Waals surface area (Å²) in [7, 11) is 3.93. The Morgan fingerprint density at radius 3 is 2.71 bits per heavy atom. The molecule has 1 amide bonds. The van der Waals surface area contributed by atoms with E-state index in [4.69, 9.17) is 0 Å². The number of amides is 1. The maximum absolute atomic E-state index is 12.4. The third kappa shape index (κ3) is 4.57. The first kappa shape index (κ1) is 19.2. The summed E-state index contributed by atoms with van der Waals surface area (Å²) in [6.45, 7) is 0.533. The smallest absolute Gasteiger partial charge is 0.261 e. The lowest BCUT2D eigenvalue weighted by molar-refractivity contribution is -0.121. The summed E-state index contributed by atoms with van der Waals surface area (Å²) in [6, 6.07) is 15.0. The summed E-state index contributed by atoms with van der Waals surface area (Å²) < 4.78 is 1.46. The van der Waals surface area contributed by atoms with E-state index in [1.54, 1.807) is 18.2 Å². The third-order valence-corrected chi connectivity index (χ3v) is 4.29. The Balaban J connectivity index is 1.55. The number of hydrogen-bond acceptors (Lipinski definition) is 4. The monoisotopic (exact) mass is 374 g/mol. The number of nitrogens with zero attached hydrogens (tertiary/aromatic N) is 3. The Labute approximate surface area is 163 Å². The highest BCUT2D eigenvalue weighted by molar-refractivity contribution is 5.77. The summed E-state index contributed by atoms with van der Waals surface area (Å²) in [6.07, 6.45) is 1.67. The normalized spacial score (nSPS) is 10.2. The van der Waals surface area contributed by atoms with Crippen LogP contribution < -0.4 is 15.8 Å². The number of carbonyl (C=O) groups is 1. The Hall–Kier alpha value is -3.59. The molecule has 0 saturated carbocycles. The summed E-state index contributed by atoms with van der Waals surface area (Å²) in [4.78, 5) is 30.7. The molecule has 0 fully saturated rings. The summed E-state index contributed by atoms with van der Waals surface area (Å²) in [5.74, 6) is 5.90. The topological polar surface area (TPSA) is 67.2 Å². The predicted octanol–water partition coefficient (Wildman–Crippen LogP) is 2.02. The SMILES string of the molecule is CN(C)c1ccccc1C#CCNC(=O)CCn1cnc2ccccc2c1=O. The van der Waals surface area contributed by atoms with E-state index in [-0.39, 0.29) is 31.0 Å². The highest BCUT2D eigenvalue weighted by Crippen LogP contribution is 2.16. The molecule has 3 rings (SSSR count). The lowest BCUT2D eigenvalue weighted by atomic mass is 10.1. The van der Waals surface area contributed by atoms with Gasteiger partial charge < -0.3 is 10.2 Å². The number of anilines is 1. The van der Waals surface area contributed by atoms with Crippen molar-refractivity contribution in [2.75, 3.05) is 25.5 Å². The van der Waals surface area contributed by atoms with Gasteiger partial charge in [-0.05, 0) is 24.3 Å². The van der Waals surface area contributed by atoms with Gasteiger partial charge in [-0.15, -0.1) is 0 Å². The maximum atomic E-state index is 12.4. The van der Waals surface area contributed by atoms with E-state index in [1.807, 2.05) is 49.3 Å². The zero-order valence-electron chi connectivity index (χ0n) is 16.0. The van der Waals surface area contributed by atoms with Gasteiger partial charge in [0.15, 0.2) is 0 Å². The van der Waals surface area contributed by atoms with Crippen LogP contribution in [0.4, 0.5) is 5.69 Å². The Bertz CT molecular complexity index is 1110. The van der Waals surface area contributed by atoms with Crippen LogP contribution in [0.25, 0.3) is 10.9 Å². The van der Waals surface area contributed by atoms with Gasteiger partial charge in [0, 0.05) is 32.6 Å². The lowest BCUT2D eigenvalue weighted by Gasteiger charge is -2.13. The second-order valence-electron chi connectivity index (χ2n) is 6.50. The molecule has 0 spiro atoms. The quantitative estimate of drug-likeness (QED) is 0.694. The Kier molecular flexibility index (Phi) is 6.07. The molecule has 0 aliphatic carbocycles. The van der Waals surface area contributed by atoms with Crippen LogP contribution in [0.2, 0.25) is 0 Å². The van der Waals surface area contributed by atoms with Crippen LogP contribution in [0.15, 0.2) is 59.7 Å². The zero-order valence-corrected chi connectivity index (χ0v) is 16.0. The fourth-order valence-electron chi connectivity index (χ4n) is 2.83. The van der Waals surface area contributed by atoms with Gasteiger partial charge in [-0.3, -0.25) is 14.2 Å². The van der Waals surface area contributed by atoms with Crippen molar-refractivity contribution in [2.24, 2.45) is 0 Å². The van der Waals surface area contributed by atoms with Gasteiger partial charge in [0.05, 0.1) is 29.5 Å². The highest BCUT2D eigenvalue weighted by Gasteiger charge is 2.06. The van der Waals surface area contributed by atoms with Gasteiger partial charge in [-0.25, -0.2) is 4.98 Å². The van der Waals surface area contributed by atoms with Gasteiger partial charge in [0.25, 0.3) is 5.56 Å². The molecular formula is C22H22N4O2. The van der Waals surface area contributed by atoms with Crippen molar-refractivity contribution in [1.29, 1.82) is 0 Å². The number of hydrogen-bond donors (Lipinski definition) is 1. The molecule has 0 unspecified atom stereocenters. The second kappa shape index (κ2) is 8.87. The first-order valence-corrected chi connectivity index (χ1v) is 9.02. The van der Waals surface area contributed by atoms with Crippen LogP contribution in [0.1, 0.15) is 12.0 Å². The summed E-state index contributed by atoms with van der Waals surface area (Å²) >= 11 is 0. The van der Waals surface area contributed by atoms with Crippen LogP contribution in [-0.4, -0.2) is 36.1 Å². The third-order valence-electron chi connectivity index (χ3n) is 4.29. The van der Waals surface area contributed by atoms with Gasteiger partial charge >= 0.3 is 0 Å². The zero-order chi connectivity index (χ0) is 19.9. The Morgan fingerprint density at radius 1 is 1.14 bits per heavy atom. The maximum Gasteiger partial charge on any atom is 0.261 e. The van der Waals surface area contributed by atoms with Crippen molar-refractivity contribution < 1.29 is 4.79 Å². The van der Waals surface area contributed by atoms with E-state index in [1.165, 1.54) is 10.9 Å². The van der Waals surface area contributed by atoms with Crippen LogP contribution >= 0.6 is 0 Å². The highest BCUT2D eigenvalue weighted by atomic mass is 16.1. The van der Waals surface area contributed by atoms with Crippen molar-refractivity contribution >= 4 is 22.5 Å². The summed E-state index contributed by atoms with van der Waals surface area (Å²) in [5.41, 5.74) is 2.46. The molecule has 0 radical (unpaired) electrons. The summed E-state index contributed by atoms with van der Waals surface area (Å²) in [5, 5.41) is 3.32. The fourth-order valence-corrected chi connectivity index (χ4v) is 2.83. The molecule has 1 aromatic heterocycles.